The zero-order chi connectivity index (χ0) is 13.0. The van der Waals surface area contributed by atoms with Gasteiger partial charge in [-0.3, -0.25) is 4.79 Å². The number of nitrogens with zero attached hydrogens (tertiary/aromatic N) is 1. The summed E-state index contributed by atoms with van der Waals surface area (Å²) in [6.07, 6.45) is 3.44. The Morgan fingerprint density at radius 3 is 2.94 bits per heavy atom. The van der Waals surface area contributed by atoms with Gasteiger partial charge in [0.25, 0.3) is 5.91 Å². The highest BCUT2D eigenvalue weighted by Crippen LogP contribution is 2.17. The highest BCUT2D eigenvalue weighted by Gasteiger charge is 2.22. The normalized spacial score (nSPS) is 19.1. The van der Waals surface area contributed by atoms with Crippen LogP contribution in [-0.4, -0.2) is 36.5 Å². The summed E-state index contributed by atoms with van der Waals surface area (Å²) in [7, 11) is 0. The maximum Gasteiger partial charge on any atom is 0.255 e. The van der Waals surface area contributed by atoms with Gasteiger partial charge in [-0.2, -0.15) is 11.3 Å². The summed E-state index contributed by atoms with van der Waals surface area (Å²) in [6.45, 7) is 6.94. The van der Waals surface area contributed by atoms with Gasteiger partial charge in [-0.15, -0.1) is 0 Å². The van der Waals surface area contributed by atoms with Gasteiger partial charge in [0.2, 0.25) is 0 Å². The van der Waals surface area contributed by atoms with Crippen molar-refractivity contribution in [3.63, 3.8) is 0 Å². The van der Waals surface area contributed by atoms with Crippen LogP contribution in [0.1, 0.15) is 42.1 Å². The average molecular weight is 266 g/mol. The first-order chi connectivity index (χ1) is 8.72. The Morgan fingerprint density at radius 1 is 1.56 bits per heavy atom. The summed E-state index contributed by atoms with van der Waals surface area (Å²) >= 11 is 1.61. The molecule has 1 fully saturated rings. The first-order valence-electron chi connectivity index (χ1n) is 6.77. The maximum atomic E-state index is 12.5. The second kappa shape index (κ2) is 6.34. The number of nitrogens with one attached hydrogen (secondary N) is 1. The summed E-state index contributed by atoms with van der Waals surface area (Å²) in [6, 6.07) is 0.486. The zero-order valence-electron chi connectivity index (χ0n) is 11.2. The van der Waals surface area contributed by atoms with Gasteiger partial charge >= 0.3 is 0 Å². The molecule has 1 unspecified atom stereocenters. The second-order valence-electron chi connectivity index (χ2n) is 5.01. The van der Waals surface area contributed by atoms with Crippen LogP contribution >= 0.6 is 11.3 Å². The smallest absolute Gasteiger partial charge is 0.255 e. The molecule has 1 amide bonds. The summed E-state index contributed by atoms with van der Waals surface area (Å²) in [5.74, 6) is 0.198. The lowest BCUT2D eigenvalue weighted by Gasteiger charge is -2.25. The molecule has 2 heterocycles. The zero-order valence-corrected chi connectivity index (χ0v) is 12.1. The van der Waals surface area contributed by atoms with Gasteiger partial charge in [-0.1, -0.05) is 6.92 Å². The summed E-state index contributed by atoms with van der Waals surface area (Å²) < 4.78 is 0. The highest BCUT2D eigenvalue weighted by molar-refractivity contribution is 7.08. The molecule has 1 N–H and O–H groups in total. The Hall–Kier alpha value is -0.870. The Labute approximate surface area is 113 Å². The number of carbonyl (C=O) groups is 1. The number of amides is 1. The predicted octanol–water partition coefficient (Wildman–Crippen LogP) is 2.66. The number of hydrogen-bond acceptors (Lipinski definition) is 3. The minimum Gasteiger partial charge on any atom is -0.337 e. The van der Waals surface area contributed by atoms with Crippen molar-refractivity contribution in [3.05, 3.63) is 21.9 Å². The molecule has 1 aromatic rings. The third kappa shape index (κ3) is 3.12. The second-order valence-corrected chi connectivity index (χ2v) is 5.76. The van der Waals surface area contributed by atoms with Gasteiger partial charge in [0, 0.05) is 24.5 Å². The van der Waals surface area contributed by atoms with Crippen LogP contribution in [-0.2, 0) is 0 Å². The Bertz CT molecular complexity index is 396. The highest BCUT2D eigenvalue weighted by atomic mass is 32.1. The van der Waals surface area contributed by atoms with E-state index in [1.165, 1.54) is 12.8 Å². The lowest BCUT2D eigenvalue weighted by atomic mass is 10.1. The van der Waals surface area contributed by atoms with Crippen molar-refractivity contribution in [2.75, 3.05) is 19.6 Å². The van der Waals surface area contributed by atoms with Crippen molar-refractivity contribution < 1.29 is 4.79 Å². The first-order valence-corrected chi connectivity index (χ1v) is 7.72. The third-order valence-corrected chi connectivity index (χ3v) is 4.33. The van der Waals surface area contributed by atoms with Gasteiger partial charge < -0.3 is 10.2 Å². The molecule has 18 heavy (non-hydrogen) atoms. The van der Waals surface area contributed by atoms with Crippen molar-refractivity contribution in [2.45, 2.75) is 39.2 Å². The molecule has 4 heteroatoms. The van der Waals surface area contributed by atoms with Crippen LogP contribution in [0.25, 0.3) is 0 Å². The van der Waals surface area contributed by atoms with Crippen molar-refractivity contribution in [3.8, 4) is 0 Å². The van der Waals surface area contributed by atoms with E-state index in [0.717, 1.165) is 37.2 Å². The Morgan fingerprint density at radius 2 is 2.39 bits per heavy atom. The number of aryl methyl sites for hydroxylation is 1. The van der Waals surface area contributed by atoms with Gasteiger partial charge in [-0.05, 0) is 43.7 Å². The fourth-order valence-corrected chi connectivity index (χ4v) is 3.30. The third-order valence-electron chi connectivity index (χ3n) is 3.47. The van der Waals surface area contributed by atoms with E-state index in [2.05, 4.69) is 12.2 Å². The van der Waals surface area contributed by atoms with Crippen LogP contribution < -0.4 is 5.32 Å². The number of thiophene rings is 1. The van der Waals surface area contributed by atoms with E-state index in [1.54, 1.807) is 11.3 Å². The molecule has 3 nitrogen and oxygen atoms in total. The number of carbonyl (C=O) groups excluding carboxylic acids is 1. The number of hydrogen-bond donors (Lipinski definition) is 1. The quantitative estimate of drug-likeness (QED) is 0.888. The monoisotopic (exact) mass is 266 g/mol. The number of rotatable bonds is 5. The molecule has 1 saturated heterocycles. The van der Waals surface area contributed by atoms with Crippen molar-refractivity contribution in [2.24, 2.45) is 0 Å². The molecule has 0 bridgehead atoms. The topological polar surface area (TPSA) is 32.3 Å². The Balaban J connectivity index is 2.04. The first kappa shape index (κ1) is 13.6. The van der Waals surface area contributed by atoms with Gasteiger partial charge in [0.05, 0.1) is 5.56 Å². The SMILES string of the molecule is CCCN(CC1CCCN1)C(=O)c1cscc1C. The van der Waals surface area contributed by atoms with Crippen LogP contribution in [0.2, 0.25) is 0 Å². The molecule has 0 spiro atoms. The molecule has 0 aromatic carbocycles. The van der Waals surface area contributed by atoms with Gasteiger partial charge in [0.15, 0.2) is 0 Å². The predicted molar refractivity (Wildman–Crippen MR) is 76.3 cm³/mol. The van der Waals surface area contributed by atoms with E-state index < -0.39 is 0 Å². The van der Waals surface area contributed by atoms with E-state index in [4.69, 9.17) is 0 Å². The molecule has 1 aliphatic rings. The molecule has 1 aliphatic heterocycles. The fraction of sp³-hybridized carbons (Fsp3) is 0.643. The van der Waals surface area contributed by atoms with E-state index in [1.807, 2.05) is 22.6 Å². The van der Waals surface area contributed by atoms with E-state index in [0.29, 0.717) is 6.04 Å². The van der Waals surface area contributed by atoms with Crippen molar-refractivity contribution in [1.82, 2.24) is 10.2 Å². The summed E-state index contributed by atoms with van der Waals surface area (Å²) in [5, 5.41) is 7.49. The van der Waals surface area contributed by atoms with Crippen LogP contribution in [0.3, 0.4) is 0 Å². The van der Waals surface area contributed by atoms with Crippen LogP contribution in [0.15, 0.2) is 10.8 Å². The van der Waals surface area contributed by atoms with E-state index in [9.17, 15) is 4.79 Å². The van der Waals surface area contributed by atoms with Crippen LogP contribution in [0.5, 0.6) is 0 Å². The largest absolute Gasteiger partial charge is 0.337 e. The minimum atomic E-state index is 0.198. The molecule has 0 saturated carbocycles. The average Bonchev–Trinajstić information content (AvgIpc) is 2.99. The summed E-state index contributed by atoms with van der Waals surface area (Å²) in [4.78, 5) is 14.5. The van der Waals surface area contributed by atoms with Crippen LogP contribution in [0.4, 0.5) is 0 Å². The Kier molecular flexibility index (Phi) is 4.78. The molecule has 0 aliphatic carbocycles. The van der Waals surface area contributed by atoms with E-state index >= 15 is 0 Å². The molecule has 1 atom stereocenters. The van der Waals surface area contributed by atoms with Gasteiger partial charge in [-0.25, -0.2) is 0 Å². The lowest BCUT2D eigenvalue weighted by Crippen LogP contribution is -2.41. The summed E-state index contributed by atoms with van der Waals surface area (Å²) in [5.41, 5.74) is 1.98. The molecule has 0 radical (unpaired) electrons. The molecule has 100 valence electrons. The molecule has 2 rings (SSSR count). The fourth-order valence-electron chi connectivity index (χ4n) is 2.47. The van der Waals surface area contributed by atoms with Gasteiger partial charge in [0.1, 0.15) is 0 Å². The van der Waals surface area contributed by atoms with Crippen LogP contribution in [0, 0.1) is 6.92 Å². The van der Waals surface area contributed by atoms with Crippen molar-refractivity contribution >= 4 is 17.2 Å². The van der Waals surface area contributed by atoms with Crippen molar-refractivity contribution in [1.29, 1.82) is 0 Å². The molecular formula is C14H22N2OS. The molecular weight excluding hydrogens is 244 g/mol. The minimum absolute atomic E-state index is 0.198. The standard InChI is InChI=1S/C14H22N2OS/c1-3-7-16(8-12-5-4-6-15-12)14(17)13-10-18-9-11(13)2/h9-10,12,15H,3-8H2,1-2H3. The molecule has 1 aromatic heterocycles. The lowest BCUT2D eigenvalue weighted by molar-refractivity contribution is 0.0741. The van der Waals surface area contributed by atoms with E-state index in [-0.39, 0.29) is 5.91 Å². The maximum absolute atomic E-state index is 12.5.